The van der Waals surface area contributed by atoms with E-state index in [-0.39, 0.29) is 0 Å². The van der Waals surface area contributed by atoms with Crippen LogP contribution in [0, 0.1) is 0 Å². The number of benzene rings is 1. The molecule has 106 valence electrons. The summed E-state index contributed by atoms with van der Waals surface area (Å²) in [5.41, 5.74) is 3.41. The largest absolute Gasteiger partial charge is 0.368 e. The Morgan fingerprint density at radius 3 is 2.75 bits per heavy atom. The van der Waals surface area contributed by atoms with Gasteiger partial charge in [-0.2, -0.15) is 4.98 Å². The third kappa shape index (κ3) is 2.81. The van der Waals surface area contributed by atoms with Crippen molar-refractivity contribution < 1.29 is 0 Å². The van der Waals surface area contributed by atoms with Gasteiger partial charge in [-0.3, -0.25) is 5.43 Å². The zero-order chi connectivity index (χ0) is 13.8. The molecule has 4 N–H and O–H groups in total. The van der Waals surface area contributed by atoms with Crippen molar-refractivity contribution >= 4 is 22.7 Å². The molecule has 0 aliphatic carbocycles. The van der Waals surface area contributed by atoms with Crippen LogP contribution >= 0.6 is 0 Å². The molecular weight excluding hydrogens is 252 g/mol. The van der Waals surface area contributed by atoms with Gasteiger partial charge < -0.3 is 10.2 Å². The molecule has 1 aliphatic heterocycles. The number of fused-ring (bicyclic) bond motifs is 1. The Labute approximate surface area is 118 Å². The van der Waals surface area contributed by atoms with Crippen molar-refractivity contribution in [3.8, 4) is 0 Å². The molecule has 1 fully saturated rings. The second kappa shape index (κ2) is 6.02. The number of aromatic nitrogens is 2. The molecule has 1 aliphatic rings. The minimum Gasteiger partial charge on any atom is -0.368 e. The van der Waals surface area contributed by atoms with Gasteiger partial charge in [0.05, 0.1) is 5.52 Å². The van der Waals surface area contributed by atoms with Crippen LogP contribution in [0.15, 0.2) is 24.3 Å². The van der Waals surface area contributed by atoms with Crippen molar-refractivity contribution in [2.24, 2.45) is 5.84 Å². The van der Waals surface area contributed by atoms with Crippen LogP contribution in [0.5, 0.6) is 0 Å². The molecule has 6 nitrogen and oxygen atoms in total. The zero-order valence-corrected chi connectivity index (χ0v) is 11.5. The second-order valence-electron chi connectivity index (χ2n) is 5.03. The Bertz CT molecular complexity index is 579. The molecule has 0 saturated carbocycles. The average Bonchev–Trinajstić information content (AvgIpc) is 3.00. The quantitative estimate of drug-likeness (QED) is 0.564. The van der Waals surface area contributed by atoms with Crippen LogP contribution in [0.2, 0.25) is 0 Å². The van der Waals surface area contributed by atoms with Crippen LogP contribution in [0.25, 0.3) is 10.9 Å². The summed E-state index contributed by atoms with van der Waals surface area (Å²) < 4.78 is 0. The maximum Gasteiger partial charge on any atom is 0.239 e. The summed E-state index contributed by atoms with van der Waals surface area (Å²) in [6, 6.07) is 7.94. The number of para-hydroxylation sites is 1. The highest BCUT2D eigenvalue weighted by atomic mass is 15.3. The molecule has 0 amide bonds. The van der Waals surface area contributed by atoms with Crippen LogP contribution in [-0.4, -0.2) is 41.0 Å². The number of rotatable bonds is 5. The normalized spacial score (nSPS) is 15.7. The van der Waals surface area contributed by atoms with Gasteiger partial charge in [0, 0.05) is 18.5 Å². The van der Waals surface area contributed by atoms with Crippen LogP contribution in [-0.2, 0) is 0 Å². The standard InChI is InChI=1S/C14H20N6/c15-19-14-17-12-6-2-1-5-11(12)13(18-14)16-7-10-20-8-3-4-9-20/h1-2,5-6H,3-4,7-10,15H2,(H2,16,17,18,19). The highest BCUT2D eigenvalue weighted by molar-refractivity contribution is 5.89. The Kier molecular flexibility index (Phi) is 3.94. The molecule has 0 radical (unpaired) electrons. The summed E-state index contributed by atoms with van der Waals surface area (Å²) in [5.74, 6) is 6.70. The first-order valence-electron chi connectivity index (χ1n) is 7.06. The lowest BCUT2D eigenvalue weighted by Gasteiger charge is -2.16. The van der Waals surface area contributed by atoms with E-state index in [9.17, 15) is 0 Å². The van der Waals surface area contributed by atoms with Gasteiger partial charge in [0.25, 0.3) is 0 Å². The Hall–Kier alpha value is -1.92. The average molecular weight is 272 g/mol. The lowest BCUT2D eigenvalue weighted by Crippen LogP contribution is -2.26. The predicted molar refractivity (Wildman–Crippen MR) is 81.5 cm³/mol. The number of nitrogens with zero attached hydrogens (tertiary/aromatic N) is 3. The molecule has 0 unspecified atom stereocenters. The Morgan fingerprint density at radius 2 is 1.95 bits per heavy atom. The third-order valence-corrected chi connectivity index (χ3v) is 3.65. The van der Waals surface area contributed by atoms with E-state index in [1.54, 1.807) is 0 Å². The van der Waals surface area contributed by atoms with E-state index in [2.05, 4.69) is 25.6 Å². The van der Waals surface area contributed by atoms with Gasteiger partial charge in [-0.25, -0.2) is 10.8 Å². The molecule has 3 rings (SSSR count). The first-order chi connectivity index (χ1) is 9.86. The predicted octanol–water partition coefficient (Wildman–Crippen LogP) is 1.42. The number of nitrogen functional groups attached to an aromatic ring is 1. The van der Waals surface area contributed by atoms with E-state index in [4.69, 9.17) is 5.84 Å². The number of hydrogen-bond donors (Lipinski definition) is 3. The molecule has 0 bridgehead atoms. The SMILES string of the molecule is NNc1nc(NCCN2CCCC2)c2ccccc2n1. The molecular formula is C14H20N6. The fourth-order valence-corrected chi connectivity index (χ4v) is 2.61. The van der Waals surface area contributed by atoms with Crippen LogP contribution < -0.4 is 16.6 Å². The number of likely N-dealkylation sites (tertiary alicyclic amines) is 1. The summed E-state index contributed by atoms with van der Waals surface area (Å²) in [5, 5.41) is 4.42. The molecule has 1 aromatic heterocycles. The van der Waals surface area contributed by atoms with Gasteiger partial charge in [-0.1, -0.05) is 12.1 Å². The van der Waals surface area contributed by atoms with E-state index in [1.165, 1.54) is 25.9 Å². The van der Waals surface area contributed by atoms with Gasteiger partial charge in [0.1, 0.15) is 5.82 Å². The fraction of sp³-hybridized carbons (Fsp3) is 0.429. The maximum absolute atomic E-state index is 5.43. The number of anilines is 2. The van der Waals surface area contributed by atoms with Crippen molar-refractivity contribution in [3.63, 3.8) is 0 Å². The summed E-state index contributed by atoms with van der Waals surface area (Å²) in [6.07, 6.45) is 2.63. The van der Waals surface area contributed by atoms with Crippen molar-refractivity contribution in [1.29, 1.82) is 0 Å². The summed E-state index contributed by atoms with van der Waals surface area (Å²) in [4.78, 5) is 11.2. The number of nitrogens with two attached hydrogens (primary N) is 1. The van der Waals surface area contributed by atoms with E-state index < -0.39 is 0 Å². The highest BCUT2D eigenvalue weighted by Crippen LogP contribution is 2.21. The van der Waals surface area contributed by atoms with E-state index in [1.807, 2.05) is 24.3 Å². The lowest BCUT2D eigenvalue weighted by atomic mass is 10.2. The highest BCUT2D eigenvalue weighted by Gasteiger charge is 2.11. The van der Waals surface area contributed by atoms with E-state index in [0.717, 1.165) is 29.8 Å². The van der Waals surface area contributed by atoms with E-state index in [0.29, 0.717) is 5.95 Å². The zero-order valence-electron chi connectivity index (χ0n) is 11.5. The molecule has 6 heteroatoms. The number of nitrogens with one attached hydrogen (secondary N) is 2. The van der Waals surface area contributed by atoms with Crippen molar-refractivity contribution in [1.82, 2.24) is 14.9 Å². The molecule has 0 atom stereocenters. The number of hydrogen-bond acceptors (Lipinski definition) is 6. The minimum atomic E-state index is 0.437. The van der Waals surface area contributed by atoms with Crippen LogP contribution in [0.3, 0.4) is 0 Å². The van der Waals surface area contributed by atoms with E-state index >= 15 is 0 Å². The topological polar surface area (TPSA) is 79.1 Å². The Morgan fingerprint density at radius 1 is 1.15 bits per heavy atom. The number of hydrazine groups is 1. The molecule has 0 spiro atoms. The molecule has 20 heavy (non-hydrogen) atoms. The van der Waals surface area contributed by atoms with Crippen LogP contribution in [0.1, 0.15) is 12.8 Å². The molecule has 1 aromatic carbocycles. The van der Waals surface area contributed by atoms with Gasteiger partial charge in [-0.15, -0.1) is 0 Å². The first-order valence-corrected chi connectivity index (χ1v) is 7.06. The van der Waals surface area contributed by atoms with Crippen molar-refractivity contribution in [3.05, 3.63) is 24.3 Å². The van der Waals surface area contributed by atoms with Gasteiger partial charge in [0.15, 0.2) is 0 Å². The molecule has 1 saturated heterocycles. The van der Waals surface area contributed by atoms with Gasteiger partial charge in [-0.05, 0) is 38.1 Å². The van der Waals surface area contributed by atoms with Crippen molar-refractivity contribution in [2.45, 2.75) is 12.8 Å². The Balaban J connectivity index is 1.75. The van der Waals surface area contributed by atoms with Crippen molar-refractivity contribution in [2.75, 3.05) is 36.9 Å². The summed E-state index contributed by atoms with van der Waals surface area (Å²) in [6.45, 7) is 4.35. The lowest BCUT2D eigenvalue weighted by molar-refractivity contribution is 0.352. The second-order valence-corrected chi connectivity index (χ2v) is 5.03. The summed E-state index contributed by atoms with van der Waals surface area (Å²) >= 11 is 0. The smallest absolute Gasteiger partial charge is 0.239 e. The maximum atomic E-state index is 5.43. The third-order valence-electron chi connectivity index (χ3n) is 3.65. The molecule has 2 heterocycles. The monoisotopic (exact) mass is 272 g/mol. The van der Waals surface area contributed by atoms with Crippen LogP contribution in [0.4, 0.5) is 11.8 Å². The molecule has 2 aromatic rings. The van der Waals surface area contributed by atoms with Gasteiger partial charge >= 0.3 is 0 Å². The fourth-order valence-electron chi connectivity index (χ4n) is 2.61. The summed E-state index contributed by atoms with van der Waals surface area (Å²) in [7, 11) is 0. The van der Waals surface area contributed by atoms with Gasteiger partial charge in [0.2, 0.25) is 5.95 Å². The minimum absolute atomic E-state index is 0.437. The first kappa shape index (κ1) is 13.1.